The summed E-state index contributed by atoms with van der Waals surface area (Å²) < 4.78 is 9.10. The van der Waals surface area contributed by atoms with E-state index >= 15 is 0 Å². The number of likely N-dealkylation sites (N-methyl/N-ethyl adjacent to an activating group) is 1. The number of esters is 2. The van der Waals surface area contributed by atoms with Crippen LogP contribution in [0.1, 0.15) is 0 Å². The van der Waals surface area contributed by atoms with Gasteiger partial charge >= 0.3 is 11.9 Å². The van der Waals surface area contributed by atoms with Crippen LogP contribution in [0.5, 0.6) is 0 Å². The molecule has 0 aliphatic carbocycles. The Kier molecular flexibility index (Phi) is 5.54. The van der Waals surface area contributed by atoms with Crippen molar-refractivity contribution in [3.05, 3.63) is 12.7 Å². The van der Waals surface area contributed by atoms with Gasteiger partial charge in [-0.05, 0) is 7.05 Å². The molecular formula is C8H13NO4. The van der Waals surface area contributed by atoms with E-state index in [1.165, 1.54) is 7.11 Å². The Bertz CT molecular complexity index is 202. The summed E-state index contributed by atoms with van der Waals surface area (Å²) in [5.41, 5.74) is 0. The predicted octanol–water partition coefficient (Wildman–Crippen LogP) is -0.523. The third-order valence-corrected chi connectivity index (χ3v) is 1.39. The van der Waals surface area contributed by atoms with Gasteiger partial charge in [0.1, 0.15) is 12.6 Å². The number of ether oxygens (including phenoxy) is 2. The minimum absolute atomic E-state index is 0.0615. The second kappa shape index (κ2) is 6.19. The number of methoxy groups -OCH3 is 1. The smallest absolute Gasteiger partial charge is 0.330 e. The molecule has 0 aliphatic heterocycles. The molecule has 0 heterocycles. The molecule has 0 aliphatic rings. The van der Waals surface area contributed by atoms with Crippen molar-refractivity contribution >= 4 is 11.9 Å². The van der Waals surface area contributed by atoms with Crippen LogP contribution in [0.2, 0.25) is 0 Å². The van der Waals surface area contributed by atoms with Gasteiger partial charge in [-0.25, -0.2) is 4.79 Å². The predicted molar refractivity (Wildman–Crippen MR) is 46.0 cm³/mol. The Balaban J connectivity index is 3.91. The maximum absolute atomic E-state index is 10.9. The molecule has 74 valence electrons. The molecule has 0 radical (unpaired) electrons. The Morgan fingerprint density at radius 2 is 2.23 bits per heavy atom. The highest BCUT2D eigenvalue weighted by Gasteiger charge is 2.17. The van der Waals surface area contributed by atoms with E-state index in [-0.39, 0.29) is 6.61 Å². The normalized spacial score (nSPS) is 11.5. The minimum atomic E-state index is -0.631. The van der Waals surface area contributed by atoms with Crippen LogP contribution in [-0.2, 0) is 19.1 Å². The second-order valence-electron chi connectivity index (χ2n) is 2.20. The van der Waals surface area contributed by atoms with Gasteiger partial charge in [-0.2, -0.15) is 0 Å². The maximum Gasteiger partial charge on any atom is 0.330 e. The second-order valence-corrected chi connectivity index (χ2v) is 2.20. The molecule has 0 unspecified atom stereocenters. The summed E-state index contributed by atoms with van der Waals surface area (Å²) in [7, 11) is 2.84. The van der Waals surface area contributed by atoms with Gasteiger partial charge in [0, 0.05) is 6.08 Å². The van der Waals surface area contributed by atoms with E-state index in [0.717, 1.165) is 6.08 Å². The van der Waals surface area contributed by atoms with Gasteiger partial charge in [-0.1, -0.05) is 6.58 Å². The third kappa shape index (κ3) is 4.27. The molecule has 0 fully saturated rings. The van der Waals surface area contributed by atoms with Gasteiger partial charge < -0.3 is 14.8 Å². The fourth-order valence-electron chi connectivity index (χ4n) is 0.636. The van der Waals surface area contributed by atoms with Crippen LogP contribution in [0.25, 0.3) is 0 Å². The Morgan fingerprint density at radius 1 is 1.62 bits per heavy atom. The lowest BCUT2D eigenvalue weighted by molar-refractivity contribution is -0.147. The number of carbonyl (C=O) groups is 2. The molecule has 0 aromatic carbocycles. The van der Waals surface area contributed by atoms with E-state index in [4.69, 9.17) is 0 Å². The van der Waals surface area contributed by atoms with Crippen LogP contribution in [0.4, 0.5) is 0 Å². The average Bonchev–Trinajstić information content (AvgIpc) is 2.17. The fourth-order valence-corrected chi connectivity index (χ4v) is 0.636. The van der Waals surface area contributed by atoms with Crippen molar-refractivity contribution in [1.29, 1.82) is 0 Å². The highest BCUT2D eigenvalue weighted by atomic mass is 16.5. The van der Waals surface area contributed by atoms with Gasteiger partial charge in [-0.3, -0.25) is 4.79 Å². The third-order valence-electron chi connectivity index (χ3n) is 1.39. The summed E-state index contributed by atoms with van der Waals surface area (Å²) in [4.78, 5) is 21.6. The van der Waals surface area contributed by atoms with Gasteiger partial charge in [0.2, 0.25) is 0 Å². The zero-order chi connectivity index (χ0) is 10.3. The van der Waals surface area contributed by atoms with Crippen LogP contribution in [-0.4, -0.2) is 38.7 Å². The average molecular weight is 187 g/mol. The van der Waals surface area contributed by atoms with Crippen molar-refractivity contribution in [3.63, 3.8) is 0 Å². The molecule has 1 atom stereocenters. The van der Waals surface area contributed by atoms with Gasteiger partial charge in [0.25, 0.3) is 0 Å². The zero-order valence-corrected chi connectivity index (χ0v) is 7.70. The minimum Gasteiger partial charge on any atom is -0.468 e. The fraction of sp³-hybridized carbons (Fsp3) is 0.500. The van der Waals surface area contributed by atoms with Crippen molar-refractivity contribution < 1.29 is 19.1 Å². The van der Waals surface area contributed by atoms with Gasteiger partial charge in [0.05, 0.1) is 7.11 Å². The molecule has 1 N–H and O–H groups in total. The Hall–Kier alpha value is -1.36. The first kappa shape index (κ1) is 11.6. The van der Waals surface area contributed by atoms with E-state index in [0.29, 0.717) is 0 Å². The Morgan fingerprint density at radius 3 is 2.62 bits per heavy atom. The van der Waals surface area contributed by atoms with Crippen LogP contribution in [0, 0.1) is 0 Å². The molecule has 0 bridgehead atoms. The Labute approximate surface area is 76.7 Å². The summed E-state index contributed by atoms with van der Waals surface area (Å²) in [6.07, 6.45) is 1.03. The molecule has 0 aromatic heterocycles. The van der Waals surface area contributed by atoms with E-state index in [1.54, 1.807) is 7.05 Å². The first-order valence-corrected chi connectivity index (χ1v) is 3.70. The highest BCUT2D eigenvalue weighted by Crippen LogP contribution is 1.90. The lowest BCUT2D eigenvalue weighted by Gasteiger charge is -2.12. The topological polar surface area (TPSA) is 64.6 Å². The van der Waals surface area contributed by atoms with Gasteiger partial charge in [0.15, 0.2) is 0 Å². The van der Waals surface area contributed by atoms with Gasteiger partial charge in [-0.15, -0.1) is 0 Å². The lowest BCUT2D eigenvalue weighted by atomic mass is 10.3. The summed E-state index contributed by atoms with van der Waals surface area (Å²) in [5, 5.41) is 2.65. The molecule has 0 aromatic rings. The summed E-state index contributed by atoms with van der Waals surface area (Å²) in [5.74, 6) is -1.04. The molecule has 0 saturated carbocycles. The summed E-state index contributed by atoms with van der Waals surface area (Å²) in [6.45, 7) is 3.16. The number of carbonyl (C=O) groups excluding carboxylic acids is 2. The standard InChI is InChI=1S/C8H13NO4/c1-4-7(10)13-5-6(9-2)8(11)12-3/h4,6,9H,1,5H2,2-3H3/t6-/m1/s1. The first-order chi connectivity index (χ1) is 6.15. The lowest BCUT2D eigenvalue weighted by Crippen LogP contribution is -2.39. The zero-order valence-electron chi connectivity index (χ0n) is 7.70. The van der Waals surface area contributed by atoms with Crippen molar-refractivity contribution in [2.75, 3.05) is 20.8 Å². The van der Waals surface area contributed by atoms with Crippen molar-refractivity contribution in [3.8, 4) is 0 Å². The maximum atomic E-state index is 10.9. The van der Waals surface area contributed by atoms with E-state index in [9.17, 15) is 9.59 Å². The number of hydrogen-bond donors (Lipinski definition) is 1. The largest absolute Gasteiger partial charge is 0.468 e. The molecule has 0 saturated heterocycles. The van der Waals surface area contributed by atoms with Crippen LogP contribution < -0.4 is 5.32 Å². The van der Waals surface area contributed by atoms with E-state index < -0.39 is 18.0 Å². The number of nitrogens with one attached hydrogen (secondary N) is 1. The molecule has 5 nitrogen and oxygen atoms in total. The van der Waals surface area contributed by atoms with Crippen LogP contribution in [0.15, 0.2) is 12.7 Å². The van der Waals surface area contributed by atoms with Crippen LogP contribution >= 0.6 is 0 Å². The van der Waals surface area contributed by atoms with Crippen molar-refractivity contribution in [1.82, 2.24) is 5.32 Å². The number of hydrogen-bond acceptors (Lipinski definition) is 5. The van der Waals surface area contributed by atoms with E-state index in [2.05, 4.69) is 21.4 Å². The van der Waals surface area contributed by atoms with Crippen molar-refractivity contribution in [2.24, 2.45) is 0 Å². The van der Waals surface area contributed by atoms with E-state index in [1.807, 2.05) is 0 Å². The SMILES string of the molecule is C=CC(=O)OC[C@@H](NC)C(=O)OC. The first-order valence-electron chi connectivity index (χ1n) is 3.70. The van der Waals surface area contributed by atoms with Crippen LogP contribution in [0.3, 0.4) is 0 Å². The summed E-state index contributed by atoms with van der Waals surface area (Å²) >= 11 is 0. The molecular weight excluding hydrogens is 174 g/mol. The van der Waals surface area contributed by atoms with Crippen molar-refractivity contribution in [2.45, 2.75) is 6.04 Å². The highest BCUT2D eigenvalue weighted by molar-refractivity contribution is 5.82. The quantitative estimate of drug-likeness (QED) is 0.463. The summed E-state index contributed by atoms with van der Waals surface area (Å²) in [6, 6.07) is -0.631. The number of rotatable bonds is 5. The monoisotopic (exact) mass is 187 g/mol. The molecule has 0 spiro atoms. The molecule has 5 heteroatoms. The molecule has 13 heavy (non-hydrogen) atoms. The molecule has 0 rings (SSSR count). The molecule has 0 amide bonds.